The lowest BCUT2D eigenvalue weighted by atomic mass is 9.80. The molecule has 3 heteroatoms. The fraction of sp³-hybridized carbons (Fsp3) is 1.00. The van der Waals surface area contributed by atoms with Gasteiger partial charge in [-0.25, -0.2) is 0 Å². The van der Waals surface area contributed by atoms with Crippen LogP contribution in [0, 0.1) is 5.41 Å². The second kappa shape index (κ2) is 3.97. The van der Waals surface area contributed by atoms with Gasteiger partial charge >= 0.3 is 0 Å². The van der Waals surface area contributed by atoms with Crippen molar-refractivity contribution >= 4 is 0 Å². The summed E-state index contributed by atoms with van der Waals surface area (Å²) in [5, 5.41) is 0. The molecular formula is C13H27N3. The van der Waals surface area contributed by atoms with E-state index in [2.05, 4.69) is 37.6 Å². The third-order valence-corrected chi connectivity index (χ3v) is 5.16. The fourth-order valence-corrected chi connectivity index (χ4v) is 3.31. The smallest absolute Gasteiger partial charge is 0.0360 e. The zero-order chi connectivity index (χ0) is 12.0. The molecule has 1 aliphatic carbocycles. The van der Waals surface area contributed by atoms with E-state index in [0.717, 1.165) is 6.54 Å². The predicted octanol–water partition coefficient (Wildman–Crippen LogP) is 1.14. The SMILES string of the molecule is CC1CN(C)CCN1C(C)(CN)C1(C)CC1. The first-order chi connectivity index (χ1) is 7.43. The Bertz CT molecular complexity index is 262. The first kappa shape index (κ1) is 12.3. The second-order valence-corrected chi connectivity index (χ2v) is 6.34. The maximum Gasteiger partial charge on any atom is 0.0360 e. The summed E-state index contributed by atoms with van der Waals surface area (Å²) in [5.41, 5.74) is 6.77. The van der Waals surface area contributed by atoms with E-state index in [9.17, 15) is 0 Å². The molecule has 0 aromatic rings. The van der Waals surface area contributed by atoms with Crippen molar-refractivity contribution in [3.8, 4) is 0 Å². The summed E-state index contributed by atoms with van der Waals surface area (Å²) in [6, 6.07) is 0.629. The maximum absolute atomic E-state index is 6.11. The van der Waals surface area contributed by atoms with Gasteiger partial charge in [0.2, 0.25) is 0 Å². The summed E-state index contributed by atoms with van der Waals surface area (Å²) >= 11 is 0. The summed E-state index contributed by atoms with van der Waals surface area (Å²) in [6.07, 6.45) is 2.69. The van der Waals surface area contributed by atoms with Gasteiger partial charge in [-0.15, -0.1) is 0 Å². The summed E-state index contributed by atoms with van der Waals surface area (Å²) in [7, 11) is 2.21. The highest BCUT2D eigenvalue weighted by molar-refractivity contribution is 5.11. The molecule has 2 aliphatic rings. The van der Waals surface area contributed by atoms with Gasteiger partial charge in [-0.3, -0.25) is 4.90 Å². The van der Waals surface area contributed by atoms with E-state index in [0.29, 0.717) is 11.5 Å². The lowest BCUT2D eigenvalue weighted by Gasteiger charge is -2.52. The molecule has 16 heavy (non-hydrogen) atoms. The molecule has 0 aromatic heterocycles. The normalized spacial score (nSPS) is 34.7. The van der Waals surface area contributed by atoms with Crippen LogP contribution in [-0.4, -0.2) is 54.6 Å². The highest BCUT2D eigenvalue weighted by Gasteiger charge is 2.56. The molecule has 3 nitrogen and oxygen atoms in total. The fourth-order valence-electron chi connectivity index (χ4n) is 3.31. The van der Waals surface area contributed by atoms with Gasteiger partial charge in [0, 0.05) is 37.8 Å². The minimum atomic E-state index is 0.202. The molecular weight excluding hydrogens is 198 g/mol. The Labute approximate surface area is 100.0 Å². The molecule has 0 amide bonds. The summed E-state index contributed by atoms with van der Waals surface area (Å²) in [6.45, 7) is 11.4. The van der Waals surface area contributed by atoms with Gasteiger partial charge in [-0.05, 0) is 39.2 Å². The molecule has 2 unspecified atom stereocenters. The van der Waals surface area contributed by atoms with Crippen LogP contribution in [0.2, 0.25) is 0 Å². The highest BCUT2D eigenvalue weighted by Crippen LogP contribution is 2.56. The monoisotopic (exact) mass is 225 g/mol. The van der Waals surface area contributed by atoms with Crippen molar-refractivity contribution in [3.63, 3.8) is 0 Å². The van der Waals surface area contributed by atoms with Crippen molar-refractivity contribution in [2.75, 3.05) is 33.2 Å². The number of nitrogens with two attached hydrogens (primary N) is 1. The Hall–Kier alpha value is -0.120. The number of rotatable bonds is 3. The topological polar surface area (TPSA) is 32.5 Å². The Balaban J connectivity index is 2.15. The Morgan fingerprint density at radius 1 is 1.38 bits per heavy atom. The predicted molar refractivity (Wildman–Crippen MR) is 68.5 cm³/mol. The molecule has 1 aliphatic heterocycles. The van der Waals surface area contributed by atoms with Gasteiger partial charge in [0.1, 0.15) is 0 Å². The van der Waals surface area contributed by atoms with E-state index in [1.54, 1.807) is 0 Å². The first-order valence-corrected chi connectivity index (χ1v) is 6.58. The van der Waals surface area contributed by atoms with Crippen molar-refractivity contribution in [1.82, 2.24) is 9.80 Å². The lowest BCUT2D eigenvalue weighted by Crippen LogP contribution is -2.65. The third-order valence-electron chi connectivity index (χ3n) is 5.16. The zero-order valence-electron chi connectivity index (χ0n) is 11.3. The number of piperazine rings is 1. The standard InChI is InChI=1S/C13H27N3/c1-11-9-15(4)7-8-16(11)13(3,10-14)12(2)5-6-12/h11H,5-10,14H2,1-4H3. The highest BCUT2D eigenvalue weighted by atomic mass is 15.3. The molecule has 0 bridgehead atoms. The van der Waals surface area contributed by atoms with Gasteiger partial charge in [-0.2, -0.15) is 0 Å². The van der Waals surface area contributed by atoms with Gasteiger partial charge < -0.3 is 10.6 Å². The Morgan fingerprint density at radius 2 is 2.00 bits per heavy atom. The Morgan fingerprint density at radius 3 is 2.44 bits per heavy atom. The molecule has 0 aromatic carbocycles. The first-order valence-electron chi connectivity index (χ1n) is 6.58. The second-order valence-electron chi connectivity index (χ2n) is 6.34. The van der Waals surface area contributed by atoms with Crippen LogP contribution in [0.3, 0.4) is 0 Å². The minimum Gasteiger partial charge on any atom is -0.329 e. The number of nitrogens with zero attached hydrogens (tertiary/aromatic N) is 2. The average molecular weight is 225 g/mol. The molecule has 2 rings (SSSR count). The molecule has 2 atom stereocenters. The minimum absolute atomic E-state index is 0.202. The molecule has 2 N–H and O–H groups in total. The lowest BCUT2D eigenvalue weighted by molar-refractivity contribution is -0.0244. The van der Waals surface area contributed by atoms with E-state index in [1.807, 2.05) is 0 Å². The van der Waals surface area contributed by atoms with Crippen LogP contribution in [0.15, 0.2) is 0 Å². The van der Waals surface area contributed by atoms with Crippen molar-refractivity contribution < 1.29 is 0 Å². The van der Waals surface area contributed by atoms with E-state index in [1.165, 1.54) is 32.5 Å². The molecule has 1 saturated carbocycles. The van der Waals surface area contributed by atoms with E-state index < -0.39 is 0 Å². The van der Waals surface area contributed by atoms with Crippen LogP contribution in [0.5, 0.6) is 0 Å². The van der Waals surface area contributed by atoms with Crippen LogP contribution in [0.4, 0.5) is 0 Å². The van der Waals surface area contributed by atoms with Crippen LogP contribution < -0.4 is 5.73 Å². The van der Waals surface area contributed by atoms with Gasteiger partial charge in [0.25, 0.3) is 0 Å². The Kier molecular flexibility index (Phi) is 3.06. The van der Waals surface area contributed by atoms with Crippen molar-refractivity contribution in [1.29, 1.82) is 0 Å². The van der Waals surface area contributed by atoms with Crippen molar-refractivity contribution in [2.24, 2.45) is 11.1 Å². The molecule has 1 saturated heterocycles. The van der Waals surface area contributed by atoms with E-state index >= 15 is 0 Å². The molecule has 0 spiro atoms. The van der Waals surface area contributed by atoms with Gasteiger partial charge in [-0.1, -0.05) is 6.92 Å². The summed E-state index contributed by atoms with van der Waals surface area (Å²) in [5.74, 6) is 0. The third kappa shape index (κ3) is 1.79. The van der Waals surface area contributed by atoms with Gasteiger partial charge in [0.15, 0.2) is 0 Å². The van der Waals surface area contributed by atoms with Crippen LogP contribution >= 0.6 is 0 Å². The van der Waals surface area contributed by atoms with Gasteiger partial charge in [0.05, 0.1) is 0 Å². The van der Waals surface area contributed by atoms with Crippen molar-refractivity contribution in [2.45, 2.75) is 45.2 Å². The average Bonchev–Trinajstić information content (AvgIpc) is 2.97. The number of hydrogen-bond donors (Lipinski definition) is 1. The van der Waals surface area contributed by atoms with E-state index in [-0.39, 0.29) is 5.54 Å². The number of likely N-dealkylation sites (N-methyl/N-ethyl adjacent to an activating group) is 1. The van der Waals surface area contributed by atoms with Crippen LogP contribution in [0.25, 0.3) is 0 Å². The summed E-state index contributed by atoms with van der Waals surface area (Å²) < 4.78 is 0. The molecule has 1 heterocycles. The summed E-state index contributed by atoms with van der Waals surface area (Å²) in [4.78, 5) is 5.09. The zero-order valence-corrected chi connectivity index (χ0v) is 11.3. The number of hydrogen-bond acceptors (Lipinski definition) is 3. The quantitative estimate of drug-likeness (QED) is 0.782. The maximum atomic E-state index is 6.11. The molecule has 2 fully saturated rings. The van der Waals surface area contributed by atoms with Crippen LogP contribution in [-0.2, 0) is 0 Å². The van der Waals surface area contributed by atoms with Crippen molar-refractivity contribution in [3.05, 3.63) is 0 Å². The molecule has 94 valence electrons. The molecule has 0 radical (unpaired) electrons. The largest absolute Gasteiger partial charge is 0.329 e. The van der Waals surface area contributed by atoms with E-state index in [4.69, 9.17) is 5.73 Å². The van der Waals surface area contributed by atoms with Crippen LogP contribution in [0.1, 0.15) is 33.6 Å².